The van der Waals surface area contributed by atoms with E-state index >= 15 is 0 Å². The maximum absolute atomic E-state index is 14.4. The molecule has 0 saturated carbocycles. The minimum Gasteiger partial charge on any atom is -0.436 e. The Hall–Kier alpha value is -3.19. The van der Waals surface area contributed by atoms with E-state index in [4.69, 9.17) is 9.47 Å². The lowest BCUT2D eigenvalue weighted by Gasteiger charge is -2.14. The maximum Gasteiger partial charge on any atom is 0.226 e. The minimum absolute atomic E-state index is 0.0552. The Labute approximate surface area is 187 Å². The van der Waals surface area contributed by atoms with Gasteiger partial charge in [-0.05, 0) is 56.9 Å². The predicted molar refractivity (Wildman–Crippen MR) is 120 cm³/mol. The Morgan fingerprint density at radius 1 is 1.22 bits per heavy atom. The Morgan fingerprint density at radius 2 is 2.00 bits per heavy atom. The number of hydrogen-bond acceptors (Lipinski definition) is 4. The van der Waals surface area contributed by atoms with Crippen molar-refractivity contribution in [3.8, 4) is 17.3 Å². The summed E-state index contributed by atoms with van der Waals surface area (Å²) in [5.74, 6) is 0.0310. The summed E-state index contributed by atoms with van der Waals surface area (Å²) in [4.78, 5) is 12.4. The van der Waals surface area contributed by atoms with E-state index in [9.17, 15) is 9.18 Å². The van der Waals surface area contributed by atoms with Crippen LogP contribution in [-0.2, 0) is 16.0 Å². The molecule has 168 valence electrons. The molecule has 3 aromatic rings. The van der Waals surface area contributed by atoms with Crippen molar-refractivity contribution in [2.75, 3.05) is 13.2 Å². The highest BCUT2D eigenvalue weighted by Crippen LogP contribution is 2.33. The van der Waals surface area contributed by atoms with Crippen LogP contribution < -0.4 is 10.1 Å². The van der Waals surface area contributed by atoms with Crippen molar-refractivity contribution >= 4 is 5.91 Å². The van der Waals surface area contributed by atoms with Gasteiger partial charge >= 0.3 is 0 Å². The van der Waals surface area contributed by atoms with Gasteiger partial charge in [-0.3, -0.25) is 4.79 Å². The van der Waals surface area contributed by atoms with E-state index in [-0.39, 0.29) is 24.2 Å². The van der Waals surface area contributed by atoms with Crippen LogP contribution in [0.25, 0.3) is 5.69 Å². The SMILES string of the molecule is Cc1ccccc1-n1nc(C)c(CCC(=O)NC[C@H]2CCCO2)c1Oc1ccccc1F. The first-order valence-corrected chi connectivity index (χ1v) is 11.0. The molecule has 0 radical (unpaired) electrons. The number of halogens is 1. The molecule has 6 nitrogen and oxygen atoms in total. The zero-order valence-corrected chi connectivity index (χ0v) is 18.4. The number of ether oxygens (including phenoxy) is 2. The third-order valence-corrected chi connectivity index (χ3v) is 5.68. The van der Waals surface area contributed by atoms with E-state index < -0.39 is 5.82 Å². The zero-order valence-electron chi connectivity index (χ0n) is 18.4. The van der Waals surface area contributed by atoms with E-state index in [2.05, 4.69) is 10.4 Å². The summed E-state index contributed by atoms with van der Waals surface area (Å²) in [6.45, 7) is 5.15. The van der Waals surface area contributed by atoms with Crippen LogP contribution >= 0.6 is 0 Å². The number of amides is 1. The Kier molecular flexibility index (Phi) is 6.85. The summed E-state index contributed by atoms with van der Waals surface area (Å²) in [5.41, 5.74) is 3.38. The van der Waals surface area contributed by atoms with Gasteiger partial charge in [0.25, 0.3) is 0 Å². The highest BCUT2D eigenvalue weighted by atomic mass is 19.1. The van der Waals surface area contributed by atoms with E-state index in [1.165, 1.54) is 6.07 Å². The molecule has 0 spiro atoms. The number of nitrogens with zero attached hydrogens (tertiary/aromatic N) is 2. The molecule has 0 unspecified atom stereocenters. The van der Waals surface area contributed by atoms with E-state index in [1.807, 2.05) is 38.1 Å². The molecule has 1 saturated heterocycles. The van der Waals surface area contributed by atoms with Crippen molar-refractivity contribution in [1.82, 2.24) is 15.1 Å². The molecule has 1 aromatic heterocycles. The van der Waals surface area contributed by atoms with Gasteiger partial charge in [0.05, 0.1) is 17.5 Å². The lowest BCUT2D eigenvalue weighted by atomic mass is 10.1. The van der Waals surface area contributed by atoms with Gasteiger partial charge in [-0.2, -0.15) is 9.78 Å². The fourth-order valence-corrected chi connectivity index (χ4v) is 3.89. The number of benzene rings is 2. The molecule has 0 aliphatic carbocycles. The van der Waals surface area contributed by atoms with E-state index in [1.54, 1.807) is 22.9 Å². The number of para-hydroxylation sites is 2. The molecule has 1 amide bonds. The monoisotopic (exact) mass is 437 g/mol. The van der Waals surface area contributed by atoms with E-state index in [0.29, 0.717) is 18.8 Å². The van der Waals surface area contributed by atoms with Crippen molar-refractivity contribution in [3.63, 3.8) is 0 Å². The number of carbonyl (C=O) groups is 1. The second kappa shape index (κ2) is 9.96. The molecule has 1 N–H and O–H groups in total. The standard InChI is InChI=1S/C25H28FN3O3/c1-17-8-3-5-11-22(17)29-25(32-23-12-6-4-10-21(23)26)20(18(2)28-29)13-14-24(30)27-16-19-9-7-15-31-19/h3-6,8,10-12,19H,7,9,13-16H2,1-2H3,(H,27,30)/t19-/m1/s1. The largest absolute Gasteiger partial charge is 0.436 e. The molecule has 1 fully saturated rings. The first kappa shape index (κ1) is 22.0. The molecule has 2 heterocycles. The van der Waals surface area contributed by atoms with Crippen molar-refractivity contribution in [3.05, 3.63) is 71.2 Å². The van der Waals surface area contributed by atoms with Gasteiger partial charge in [0.2, 0.25) is 11.8 Å². The van der Waals surface area contributed by atoms with Gasteiger partial charge in [-0.1, -0.05) is 30.3 Å². The quantitative estimate of drug-likeness (QED) is 0.557. The predicted octanol–water partition coefficient (Wildman–Crippen LogP) is 4.65. The first-order valence-electron chi connectivity index (χ1n) is 11.0. The van der Waals surface area contributed by atoms with Gasteiger partial charge in [0.1, 0.15) is 0 Å². The van der Waals surface area contributed by atoms with Gasteiger partial charge in [0.15, 0.2) is 11.6 Å². The second-order valence-corrected chi connectivity index (χ2v) is 8.04. The molecule has 1 atom stereocenters. The summed E-state index contributed by atoms with van der Waals surface area (Å²) < 4.78 is 27.7. The number of hydrogen-bond donors (Lipinski definition) is 1. The molecule has 32 heavy (non-hydrogen) atoms. The van der Waals surface area contributed by atoms with Gasteiger partial charge in [-0.25, -0.2) is 4.39 Å². The lowest BCUT2D eigenvalue weighted by Crippen LogP contribution is -2.31. The number of nitrogens with one attached hydrogen (secondary N) is 1. The molecule has 1 aliphatic heterocycles. The number of aromatic nitrogens is 2. The zero-order chi connectivity index (χ0) is 22.5. The topological polar surface area (TPSA) is 65.4 Å². The second-order valence-electron chi connectivity index (χ2n) is 8.04. The average molecular weight is 438 g/mol. The molecular weight excluding hydrogens is 409 g/mol. The molecule has 1 aliphatic rings. The number of rotatable bonds is 8. The van der Waals surface area contributed by atoms with Gasteiger partial charge < -0.3 is 14.8 Å². The Bertz CT molecular complexity index is 1090. The summed E-state index contributed by atoms with van der Waals surface area (Å²) in [6, 6.07) is 14.1. The lowest BCUT2D eigenvalue weighted by molar-refractivity contribution is -0.121. The van der Waals surface area contributed by atoms with Crippen molar-refractivity contribution in [2.45, 2.75) is 45.6 Å². The third-order valence-electron chi connectivity index (χ3n) is 5.68. The number of aryl methyl sites for hydroxylation is 2. The molecule has 0 bridgehead atoms. The van der Waals surface area contributed by atoms with Crippen LogP contribution in [0.5, 0.6) is 11.6 Å². The van der Waals surface area contributed by atoms with Crippen LogP contribution in [0, 0.1) is 19.7 Å². The highest BCUT2D eigenvalue weighted by Gasteiger charge is 2.22. The maximum atomic E-state index is 14.4. The Balaban J connectivity index is 1.58. The van der Waals surface area contributed by atoms with Crippen molar-refractivity contribution in [1.29, 1.82) is 0 Å². The van der Waals surface area contributed by atoms with Crippen LogP contribution in [0.1, 0.15) is 36.1 Å². The van der Waals surface area contributed by atoms with Crippen LogP contribution in [0.2, 0.25) is 0 Å². The first-order chi connectivity index (χ1) is 15.5. The fourth-order valence-electron chi connectivity index (χ4n) is 3.89. The molecule has 4 rings (SSSR count). The minimum atomic E-state index is -0.456. The van der Waals surface area contributed by atoms with E-state index in [0.717, 1.165) is 42.0 Å². The van der Waals surface area contributed by atoms with Gasteiger partial charge in [-0.15, -0.1) is 0 Å². The van der Waals surface area contributed by atoms with Gasteiger partial charge in [0, 0.05) is 25.1 Å². The number of carbonyl (C=O) groups excluding carboxylic acids is 1. The normalized spacial score (nSPS) is 15.7. The van der Waals surface area contributed by atoms with Crippen LogP contribution in [0.4, 0.5) is 4.39 Å². The summed E-state index contributed by atoms with van der Waals surface area (Å²) in [5, 5.41) is 7.62. The van der Waals surface area contributed by atoms with Crippen LogP contribution in [0.3, 0.4) is 0 Å². The van der Waals surface area contributed by atoms with Crippen LogP contribution in [-0.4, -0.2) is 34.9 Å². The Morgan fingerprint density at radius 3 is 2.75 bits per heavy atom. The third kappa shape index (κ3) is 4.99. The molecule has 7 heteroatoms. The smallest absolute Gasteiger partial charge is 0.226 e. The highest BCUT2D eigenvalue weighted by molar-refractivity contribution is 5.76. The van der Waals surface area contributed by atoms with Crippen molar-refractivity contribution < 1.29 is 18.7 Å². The van der Waals surface area contributed by atoms with Crippen LogP contribution in [0.15, 0.2) is 48.5 Å². The average Bonchev–Trinajstić information content (AvgIpc) is 3.41. The van der Waals surface area contributed by atoms with Crippen molar-refractivity contribution in [2.24, 2.45) is 0 Å². The summed E-state index contributed by atoms with van der Waals surface area (Å²) >= 11 is 0. The molecule has 2 aromatic carbocycles. The summed E-state index contributed by atoms with van der Waals surface area (Å²) in [6.07, 6.45) is 2.82. The molecular formula is C25H28FN3O3. The summed E-state index contributed by atoms with van der Waals surface area (Å²) in [7, 11) is 0. The fraction of sp³-hybridized carbons (Fsp3) is 0.360.